The Kier molecular flexibility index (Phi) is 153. The van der Waals surface area contributed by atoms with Crippen molar-refractivity contribution < 1.29 is 170 Å². The predicted molar refractivity (Wildman–Crippen MR) is 587 cm³/mol. The summed E-state index contributed by atoms with van der Waals surface area (Å²) in [6.07, 6.45) is 95.6. The van der Waals surface area contributed by atoms with E-state index in [4.69, 9.17) is 87.8 Å². The molecule has 0 spiro atoms. The Morgan fingerprint density at radius 1 is 0.221 bits per heavy atom. The van der Waals surface area contributed by atoms with E-state index in [0.717, 1.165) is 122 Å². The Morgan fingerprint density at radius 2 is 0.331 bits per heavy atom. The van der Waals surface area contributed by atoms with Crippen LogP contribution >= 0.6 is 0 Å². The Balaban J connectivity index is -0.0000000713. The van der Waals surface area contributed by atoms with Gasteiger partial charge in [-0.3, -0.25) is 38.4 Å². The average Bonchev–Trinajstić information content (AvgIpc) is 1.09. The van der Waals surface area contributed by atoms with Crippen LogP contribution in [0, 0.1) is 0 Å². The van der Waals surface area contributed by atoms with Gasteiger partial charge >= 0.3 is 77.5 Å². The number of ether oxygens (including phenoxy) is 1. The van der Waals surface area contributed by atoms with Crippen LogP contribution in [0.5, 0.6) is 0 Å². The third-order valence-electron chi connectivity index (χ3n) is 21.2. The van der Waals surface area contributed by atoms with Gasteiger partial charge < -0.3 is 60.6 Å². The average molecular weight is 2000 g/mol. The van der Waals surface area contributed by atoms with Crippen LogP contribution < -0.4 is 34.7 Å². The maximum absolute atomic E-state index is 10.3. The maximum Gasteiger partial charge on any atom is 1.00 e. The van der Waals surface area contributed by atoms with E-state index in [-0.39, 0.29) is 49.3 Å². The van der Waals surface area contributed by atoms with Crippen LogP contribution in [0.1, 0.15) is 713 Å². The van der Waals surface area contributed by atoms with E-state index in [9.17, 15) is 48.3 Å². The topological polar surface area (TPSA) is 385 Å². The molecule has 0 bridgehead atoms. The molecule has 0 fully saturated rings. The summed E-state index contributed by atoms with van der Waals surface area (Å²) in [5, 5.41) is 84.3. The van der Waals surface area contributed by atoms with E-state index in [1.54, 1.807) is 0 Å². The number of rotatable bonds is 86. The number of carbonyl (C=O) groups excluding carboxylic acids is 1. The monoisotopic (exact) mass is 2000 g/mol. The van der Waals surface area contributed by atoms with Crippen LogP contribution in [-0.2, 0) is 47.9 Å². The zero-order valence-corrected chi connectivity index (χ0v) is 93.2. The summed E-state index contributed by atoms with van der Waals surface area (Å²) in [7, 11) is -5.00. The summed E-state index contributed by atoms with van der Waals surface area (Å²) < 4.78 is 164. The van der Waals surface area contributed by atoms with Gasteiger partial charge in [0.25, 0.3) is 5.97 Å². The summed E-state index contributed by atoms with van der Waals surface area (Å²) in [5.74, 6) is -6.65. The maximum atomic E-state index is 10.3. The first-order valence-corrected chi connectivity index (χ1v) is 51.3. The fraction of sp³-hybridized carbons (Fsp3) is 0.912. The van der Waals surface area contributed by atoms with Gasteiger partial charge in [-0.1, -0.05) is 566 Å². The molecule has 22 heteroatoms. The Bertz CT molecular complexity index is 2590. The molecule has 0 radical (unpaired) electrons. The van der Waals surface area contributed by atoms with Crippen molar-refractivity contribution in [3.63, 3.8) is 0 Å². The van der Waals surface area contributed by atoms with Gasteiger partial charge in [-0.15, -0.1) is 0 Å². The van der Waals surface area contributed by atoms with Gasteiger partial charge in [0.15, 0.2) is 0 Å². The number of carboxylic acids is 9. The van der Waals surface area contributed by atoms with E-state index >= 15 is 0 Å². The minimum atomic E-state index is -2.50. The van der Waals surface area contributed by atoms with Gasteiger partial charge in [0.2, 0.25) is 0 Å². The normalized spacial score (nSPS) is 12.1. The molecule has 0 aliphatic rings. The van der Waals surface area contributed by atoms with Gasteiger partial charge in [-0.25, -0.2) is 4.79 Å². The van der Waals surface area contributed by atoms with Crippen LogP contribution in [0.4, 0.5) is 4.79 Å². The summed E-state index contributed by atoms with van der Waals surface area (Å²) >= 11 is 0. The molecule has 0 saturated heterocycles. The van der Waals surface area contributed by atoms with Crippen LogP contribution in [0.3, 0.4) is 0 Å². The molecule has 830 valence electrons. The van der Waals surface area contributed by atoms with Gasteiger partial charge in [-0.2, -0.15) is 0 Å². The summed E-state index contributed by atoms with van der Waals surface area (Å²) in [6, 6.07) is 0. The third kappa shape index (κ3) is 255. The van der Waals surface area contributed by atoms with E-state index in [1.807, 2.05) is 0 Å². The van der Waals surface area contributed by atoms with Crippen molar-refractivity contribution in [3.05, 3.63) is 0 Å². The van der Waals surface area contributed by atoms with Crippen molar-refractivity contribution in [1.82, 2.24) is 0 Å². The first kappa shape index (κ1) is 118. The Morgan fingerprint density at radius 3 is 0.419 bits per heavy atom. The zero-order chi connectivity index (χ0) is 130. The minimum Gasteiger partial charge on any atom is -0.550 e. The van der Waals surface area contributed by atoms with Crippen molar-refractivity contribution >= 4 is 59.9 Å². The first-order valence-electron chi connectivity index (χ1n) is 68.0. The molecule has 136 heavy (non-hydrogen) atoms. The molecule has 0 aromatic carbocycles. The first-order chi connectivity index (χ1) is 76.2. The SMILES string of the molecule is CC(=O)O.CCCCCCCCCC(=O)O.CCCCCCCCCCCC(=O)O.CCCCCCCCCCCCCC(=O)O.CCCCCCCCCCCCCC(=O)[O-].CCCCCCCCCCCCCCCC(=O)O.CCCCCCCCCCCCCCCOC(=O)O.O=C(O)CCCCCCCCCCCCCCC(=O)O.[2H]C.[2H]C.[2H]C.[2H]C.[2H]C.[2H]C.[2H]C([2H])([2H])[2H].[2H]C([2H])([2H])[2H].[2H]C([2H])([2H])[2H].[2H]C([2H])([2H])[2H].[2H]C([2H])([2H])[2H].[2H]CCC(=O)O.[Na+]. The van der Waals surface area contributed by atoms with E-state index < -0.39 is 96.5 Å². The summed E-state index contributed by atoms with van der Waals surface area (Å²) in [5.41, 5.74) is 0. The molecule has 0 saturated carbocycles. The second-order valence-electron chi connectivity index (χ2n) is 34.0. The molecule has 0 atom stereocenters. The van der Waals surface area contributed by atoms with Crippen molar-refractivity contribution in [2.24, 2.45) is 0 Å². The van der Waals surface area contributed by atoms with Crippen LogP contribution in [-0.4, -0.2) is 112 Å². The molecule has 0 unspecified atom stereocenters. The number of hydrogen-bond donors (Lipinski definition) is 9. The van der Waals surface area contributed by atoms with E-state index in [1.165, 1.54) is 417 Å². The quantitative estimate of drug-likeness (QED) is 0.0155. The second-order valence-corrected chi connectivity index (χ2v) is 34.0. The molecule has 0 aliphatic carbocycles. The van der Waals surface area contributed by atoms with E-state index in [2.05, 4.69) is 46.3 Å². The molecule has 0 aromatic heterocycles. The van der Waals surface area contributed by atoms with Gasteiger partial charge in [-0.05, 0) is 57.8 Å². The molecule has 9 N–H and O–H groups in total. The molecule has 0 amide bonds. The van der Waals surface area contributed by atoms with Crippen LogP contribution in [0.15, 0.2) is 0 Å². The summed E-state index contributed by atoms with van der Waals surface area (Å²) in [6.45, 7) is 14.9. The molecule has 0 heterocycles. The Labute approximate surface area is 908 Å². The molecule has 0 aromatic rings. The van der Waals surface area contributed by atoms with Crippen molar-refractivity contribution in [1.29, 1.82) is 0 Å². The van der Waals surface area contributed by atoms with Gasteiger partial charge in [0.05, 0.1) is 6.61 Å². The van der Waals surface area contributed by atoms with Crippen LogP contribution in [0.2, 0.25) is 0 Å². The van der Waals surface area contributed by atoms with Crippen molar-refractivity contribution in [2.75, 3.05) is 6.61 Å². The van der Waals surface area contributed by atoms with E-state index in [0.29, 0.717) is 45.1 Å². The van der Waals surface area contributed by atoms with Crippen LogP contribution in [0.25, 0.3) is 0 Å². The smallest absolute Gasteiger partial charge is 0.550 e. The predicted octanol–water partition coefficient (Wildman–Crippen LogP) is 35.9. The summed E-state index contributed by atoms with van der Waals surface area (Å²) in [4.78, 5) is 100. The fourth-order valence-corrected chi connectivity index (χ4v) is 13.6. The standard InChI is InChI=1S/C16H30O4.C16H32O3.C16H32O2.2C14H28O2.C12H24O2.C10H20O2.C3H6O2.C2H4O2.11CH4.Na/c17-15(18)13-11-9-7-5-3-1-2-4-6-8-10-12-14-16(19)20;1-2-3-4-5-6-7-8-9-10-11-12-13-14-15-19-16(17)18;1-2-3-4-5-6-7-8-9-10-11-12-13-14-15-16(17)18;2*1-2-3-4-5-6-7-8-9-10-11-12-13-14(15)16;1-2-3-4-5-6-7-8-9-10-11-12(13)14;1-2-3-4-5-6-7-8-9-10(11)12;1-2-3(4)5;1-2(3)4;;;;;;;;;;;;/h1-14H2,(H,17,18)(H,19,20);2-15H2,1H3,(H,17,18);2-15H2,1H3,(H,17,18);2*2-13H2,1H3,(H,15,16);2-11H2,1H3,(H,13,14);2-9H2,1H3,(H,11,12);2H2,1H3,(H,4,5);1H3,(H,3,4);11*1H4;/q;;;;;;;;;;;;;;;;;;;;+1/p-1/i;;;;;;;1D;;5*1D4;6*1D;. The molecule has 21 nitrogen and oxygen atoms in total. The number of unbranched alkanes of at least 4 members (excludes halogenated alkanes) is 69. The largest absolute Gasteiger partial charge is 1.00 e. The number of hydrogen-bond acceptors (Lipinski definition) is 12. The molecular weight excluding hydrogens is 1730 g/mol. The third-order valence-corrected chi connectivity index (χ3v) is 21.2. The minimum absolute atomic E-state index is 0. The van der Waals surface area contributed by atoms with Crippen molar-refractivity contribution in [3.8, 4) is 0 Å². The molecular formula is C114H247NaO21. The second kappa shape index (κ2) is 176. The van der Waals surface area contributed by atoms with Gasteiger partial charge in [0, 0.05) is 94.8 Å². The number of carboxylic acid groups (broad SMARTS) is 10. The van der Waals surface area contributed by atoms with Gasteiger partial charge in [0.1, 0.15) is 0 Å². The molecule has 0 aliphatic heterocycles. The number of carbonyl (C=O) groups is 10. The zero-order valence-electron chi connectivity index (χ0n) is 118. The molecule has 0 rings (SSSR count). The fourth-order valence-electron chi connectivity index (χ4n) is 13.6. The van der Waals surface area contributed by atoms with Crippen molar-refractivity contribution in [2.45, 2.75) is 676 Å². The number of aliphatic carboxylic acids is 9. The Hall–Kier alpha value is -4.50.